The lowest BCUT2D eigenvalue weighted by atomic mass is 10.2. The number of anilines is 2. The summed E-state index contributed by atoms with van der Waals surface area (Å²) >= 11 is 6.00. The summed E-state index contributed by atoms with van der Waals surface area (Å²) in [6.45, 7) is 1.95. The molecular formula is C19H22Cl2N6. The summed E-state index contributed by atoms with van der Waals surface area (Å²) in [7, 11) is 0. The Morgan fingerprint density at radius 3 is 2.33 bits per heavy atom. The van der Waals surface area contributed by atoms with E-state index < -0.39 is 0 Å². The number of hydrogen-bond acceptors (Lipinski definition) is 6. The fraction of sp³-hybridized carbons (Fsp3) is 0.263. The molecule has 1 saturated heterocycles. The minimum Gasteiger partial charge on any atom is -0.368 e. The van der Waals surface area contributed by atoms with E-state index in [1.165, 1.54) is 0 Å². The number of para-hydroxylation sites is 1. The molecule has 1 atom stereocenters. The molecule has 3 N–H and O–H groups in total. The first-order valence-corrected chi connectivity index (χ1v) is 9.12. The van der Waals surface area contributed by atoms with E-state index >= 15 is 0 Å². The molecule has 2 aliphatic heterocycles. The zero-order valence-corrected chi connectivity index (χ0v) is 16.3. The molecular weight excluding hydrogens is 383 g/mol. The molecule has 2 aliphatic rings. The number of likely N-dealkylation sites (tertiary alicyclic amines) is 1. The number of halogens is 2. The van der Waals surface area contributed by atoms with E-state index in [0.717, 1.165) is 43.3 Å². The van der Waals surface area contributed by atoms with Crippen molar-refractivity contribution in [2.75, 3.05) is 23.3 Å². The highest BCUT2D eigenvalue weighted by Gasteiger charge is 2.32. The maximum atomic E-state index is 6.05. The van der Waals surface area contributed by atoms with Gasteiger partial charge in [0.2, 0.25) is 18.2 Å². The Labute approximate surface area is 170 Å². The van der Waals surface area contributed by atoms with Gasteiger partial charge in [0.25, 0.3) is 0 Å². The quantitative estimate of drug-likeness (QED) is 0.816. The fourth-order valence-corrected chi connectivity index (χ4v) is 3.38. The van der Waals surface area contributed by atoms with Crippen molar-refractivity contribution in [3.8, 4) is 0 Å². The minimum absolute atomic E-state index is 0. The Balaban J connectivity index is 0.00000210. The van der Waals surface area contributed by atoms with Crippen LogP contribution in [0.4, 0.5) is 11.4 Å². The Morgan fingerprint density at radius 1 is 1.00 bits per heavy atom. The van der Waals surface area contributed by atoms with Crippen LogP contribution in [0.5, 0.6) is 0 Å². The molecule has 0 aliphatic carbocycles. The maximum absolute atomic E-state index is 6.05. The molecule has 27 heavy (non-hydrogen) atoms. The Bertz CT molecular complexity index is 816. The largest absolute Gasteiger partial charge is 0.368 e. The molecule has 2 aromatic rings. The molecule has 142 valence electrons. The van der Waals surface area contributed by atoms with Gasteiger partial charge in [0.05, 0.1) is 0 Å². The van der Waals surface area contributed by atoms with Crippen LogP contribution in [-0.4, -0.2) is 36.2 Å². The van der Waals surface area contributed by atoms with Crippen LogP contribution < -0.4 is 16.0 Å². The van der Waals surface area contributed by atoms with Crippen molar-refractivity contribution >= 4 is 47.3 Å². The molecule has 0 bridgehead atoms. The summed E-state index contributed by atoms with van der Waals surface area (Å²) in [4.78, 5) is 13.5. The number of nitrogens with two attached hydrogens (primary N) is 1. The topological polar surface area (TPSA) is 69.2 Å². The SMILES string of the molecule is Cl.NC1=NC(Nc2ccc(Cl)cc2)N(c2ccccc2)C(N2CCCC2)=N1. The summed E-state index contributed by atoms with van der Waals surface area (Å²) < 4.78 is 0. The van der Waals surface area contributed by atoms with Crippen molar-refractivity contribution in [3.63, 3.8) is 0 Å². The number of rotatable bonds is 3. The third kappa shape index (κ3) is 4.28. The average Bonchev–Trinajstić information content (AvgIpc) is 3.18. The van der Waals surface area contributed by atoms with Crippen LogP contribution in [0.3, 0.4) is 0 Å². The van der Waals surface area contributed by atoms with Crippen LogP contribution in [0, 0.1) is 0 Å². The van der Waals surface area contributed by atoms with Gasteiger partial charge in [-0.3, -0.25) is 4.90 Å². The monoisotopic (exact) mass is 404 g/mol. The molecule has 8 heteroatoms. The number of aliphatic imine (C=N–C) groups is 2. The predicted octanol–water partition coefficient (Wildman–Crippen LogP) is 3.74. The van der Waals surface area contributed by atoms with E-state index in [9.17, 15) is 0 Å². The summed E-state index contributed by atoms with van der Waals surface area (Å²) in [6, 6.07) is 17.7. The van der Waals surface area contributed by atoms with Gasteiger partial charge in [0.1, 0.15) is 0 Å². The fourth-order valence-electron chi connectivity index (χ4n) is 3.26. The van der Waals surface area contributed by atoms with Crippen molar-refractivity contribution in [3.05, 3.63) is 59.6 Å². The Kier molecular flexibility index (Phi) is 6.08. The molecule has 2 heterocycles. The average molecular weight is 405 g/mol. The minimum atomic E-state index is -0.383. The standard InChI is InChI=1S/C19H21ClN6.ClH/c20-14-8-10-15(11-9-14)22-18-23-17(21)24-19(25-12-4-5-13-25)26(18)16-6-2-1-3-7-16;/h1-3,6-11,18,22H,4-5,12-13H2,(H2,21,23);1H. The Morgan fingerprint density at radius 2 is 1.67 bits per heavy atom. The van der Waals surface area contributed by atoms with Crippen LogP contribution >= 0.6 is 24.0 Å². The maximum Gasteiger partial charge on any atom is 0.222 e. The first kappa shape index (κ1) is 19.3. The van der Waals surface area contributed by atoms with Gasteiger partial charge in [-0.15, -0.1) is 12.4 Å². The molecule has 1 fully saturated rings. The molecule has 0 aromatic heterocycles. The van der Waals surface area contributed by atoms with Gasteiger partial charge in [-0.05, 0) is 49.2 Å². The lowest BCUT2D eigenvalue weighted by Crippen LogP contribution is -2.54. The third-order valence-electron chi connectivity index (χ3n) is 4.49. The van der Waals surface area contributed by atoms with Gasteiger partial charge < -0.3 is 16.0 Å². The Hall–Kier alpha value is -2.44. The lowest BCUT2D eigenvalue weighted by Gasteiger charge is -2.38. The zero-order valence-electron chi connectivity index (χ0n) is 14.8. The highest BCUT2D eigenvalue weighted by molar-refractivity contribution is 6.30. The summed E-state index contributed by atoms with van der Waals surface area (Å²) in [6.07, 6.45) is 1.94. The highest BCUT2D eigenvalue weighted by Crippen LogP contribution is 2.25. The highest BCUT2D eigenvalue weighted by atomic mass is 35.5. The summed E-state index contributed by atoms with van der Waals surface area (Å²) in [5, 5.41) is 4.13. The van der Waals surface area contributed by atoms with Gasteiger partial charge >= 0.3 is 0 Å². The second kappa shape index (κ2) is 8.50. The molecule has 0 saturated carbocycles. The van der Waals surface area contributed by atoms with Gasteiger partial charge in [-0.25, -0.2) is 4.99 Å². The molecule has 0 spiro atoms. The number of hydrogen-bond donors (Lipinski definition) is 2. The smallest absolute Gasteiger partial charge is 0.222 e. The predicted molar refractivity (Wildman–Crippen MR) is 115 cm³/mol. The normalized spacial score (nSPS) is 19.2. The molecule has 4 rings (SSSR count). The van der Waals surface area contributed by atoms with Crippen molar-refractivity contribution in [1.29, 1.82) is 0 Å². The molecule has 2 aromatic carbocycles. The summed E-state index contributed by atoms with van der Waals surface area (Å²) in [5.41, 5.74) is 7.98. The second-order valence-corrected chi connectivity index (χ2v) is 6.76. The number of benzene rings is 2. The molecule has 1 unspecified atom stereocenters. The van der Waals surface area contributed by atoms with Crippen molar-refractivity contribution in [2.24, 2.45) is 15.7 Å². The van der Waals surface area contributed by atoms with Crippen molar-refractivity contribution in [2.45, 2.75) is 19.1 Å². The summed E-state index contributed by atoms with van der Waals surface area (Å²) in [5.74, 6) is 1.12. The first-order valence-electron chi connectivity index (χ1n) is 8.74. The van der Waals surface area contributed by atoms with E-state index in [2.05, 4.69) is 37.2 Å². The van der Waals surface area contributed by atoms with Crippen molar-refractivity contribution < 1.29 is 0 Å². The molecule has 0 amide bonds. The van der Waals surface area contributed by atoms with Crippen LogP contribution in [0.25, 0.3) is 0 Å². The van der Waals surface area contributed by atoms with Gasteiger partial charge in [0.15, 0.2) is 0 Å². The number of nitrogens with zero attached hydrogens (tertiary/aromatic N) is 4. The van der Waals surface area contributed by atoms with Crippen molar-refractivity contribution in [1.82, 2.24) is 4.90 Å². The van der Waals surface area contributed by atoms with Gasteiger partial charge in [-0.2, -0.15) is 4.99 Å². The molecule has 6 nitrogen and oxygen atoms in total. The zero-order chi connectivity index (χ0) is 17.9. The van der Waals surface area contributed by atoms with E-state index in [4.69, 9.17) is 17.3 Å². The molecule has 0 radical (unpaired) electrons. The first-order chi connectivity index (χ1) is 12.7. The van der Waals surface area contributed by atoms with Crippen LogP contribution in [0.2, 0.25) is 5.02 Å². The van der Waals surface area contributed by atoms with Gasteiger partial charge in [-0.1, -0.05) is 29.8 Å². The van der Waals surface area contributed by atoms with Crippen LogP contribution in [0.1, 0.15) is 12.8 Å². The van der Waals surface area contributed by atoms with E-state index in [0.29, 0.717) is 5.02 Å². The van der Waals surface area contributed by atoms with Gasteiger partial charge in [0, 0.05) is 29.5 Å². The lowest BCUT2D eigenvalue weighted by molar-refractivity contribution is 0.497. The van der Waals surface area contributed by atoms with E-state index in [1.807, 2.05) is 42.5 Å². The van der Waals surface area contributed by atoms with Crippen LogP contribution in [0.15, 0.2) is 64.6 Å². The number of nitrogens with one attached hydrogen (secondary N) is 1. The van der Waals surface area contributed by atoms with E-state index in [1.54, 1.807) is 0 Å². The van der Waals surface area contributed by atoms with Crippen LogP contribution in [-0.2, 0) is 0 Å². The van der Waals surface area contributed by atoms with E-state index in [-0.39, 0.29) is 24.7 Å². The second-order valence-electron chi connectivity index (χ2n) is 6.32. The number of guanidine groups is 2. The third-order valence-corrected chi connectivity index (χ3v) is 4.74.